The first-order valence-corrected chi connectivity index (χ1v) is 5.69. The smallest absolute Gasteiger partial charge is 0.0259 e. The van der Waals surface area contributed by atoms with Crippen molar-refractivity contribution in [1.82, 2.24) is 15.3 Å². The van der Waals surface area contributed by atoms with Gasteiger partial charge in [-0.15, -0.1) is 0 Å². The lowest BCUT2D eigenvalue weighted by molar-refractivity contribution is 0.0875. The number of nitrogens with zero attached hydrogens (tertiary/aromatic N) is 2. The number of rotatable bonds is 2. The van der Waals surface area contributed by atoms with E-state index in [0.717, 1.165) is 19.5 Å². The Morgan fingerprint density at radius 2 is 1.86 bits per heavy atom. The number of hydrazine groups is 1. The second-order valence-corrected chi connectivity index (χ2v) is 4.69. The third kappa shape index (κ3) is 2.67. The van der Waals surface area contributed by atoms with Crippen molar-refractivity contribution in [2.45, 2.75) is 31.3 Å². The summed E-state index contributed by atoms with van der Waals surface area (Å²) < 4.78 is 0. The Balaban J connectivity index is 1.70. The fraction of sp³-hybridized carbons (Fsp3) is 1.00. The highest BCUT2D eigenvalue weighted by Crippen LogP contribution is 2.17. The van der Waals surface area contributed by atoms with Gasteiger partial charge in [-0.25, -0.2) is 5.01 Å². The standard InChI is InChI=1S/C10H22N4/c1-13-4-6-14(7-5-13)12-10-3-2-9(11)8-10/h9-10,12H,2-8,11H2,1H3. The van der Waals surface area contributed by atoms with E-state index in [9.17, 15) is 0 Å². The van der Waals surface area contributed by atoms with Crippen LogP contribution in [0.5, 0.6) is 0 Å². The van der Waals surface area contributed by atoms with E-state index in [4.69, 9.17) is 5.73 Å². The Labute approximate surface area is 86.4 Å². The van der Waals surface area contributed by atoms with Crippen LogP contribution < -0.4 is 11.2 Å². The van der Waals surface area contributed by atoms with Gasteiger partial charge in [0.1, 0.15) is 0 Å². The molecule has 2 unspecified atom stereocenters. The van der Waals surface area contributed by atoms with Gasteiger partial charge in [0.25, 0.3) is 0 Å². The molecule has 1 aliphatic heterocycles. The quantitative estimate of drug-likeness (QED) is 0.635. The summed E-state index contributed by atoms with van der Waals surface area (Å²) in [4.78, 5) is 2.37. The molecule has 2 atom stereocenters. The Bertz CT molecular complexity index is 177. The van der Waals surface area contributed by atoms with E-state index in [1.165, 1.54) is 25.9 Å². The third-order valence-electron chi connectivity index (χ3n) is 3.34. The zero-order valence-corrected chi connectivity index (χ0v) is 9.08. The fourth-order valence-electron chi connectivity index (χ4n) is 2.33. The van der Waals surface area contributed by atoms with Crippen molar-refractivity contribution in [1.29, 1.82) is 0 Å². The SMILES string of the molecule is CN1CCN(NC2CCC(N)C2)CC1. The Hall–Kier alpha value is -0.160. The molecule has 2 fully saturated rings. The van der Waals surface area contributed by atoms with E-state index >= 15 is 0 Å². The molecule has 14 heavy (non-hydrogen) atoms. The van der Waals surface area contributed by atoms with Crippen LogP contribution in [0.15, 0.2) is 0 Å². The van der Waals surface area contributed by atoms with E-state index in [2.05, 4.69) is 22.4 Å². The van der Waals surface area contributed by atoms with Crippen molar-refractivity contribution in [2.24, 2.45) is 5.73 Å². The molecule has 4 heteroatoms. The molecule has 3 N–H and O–H groups in total. The van der Waals surface area contributed by atoms with Gasteiger partial charge < -0.3 is 10.6 Å². The molecule has 2 rings (SSSR count). The molecule has 0 amide bonds. The summed E-state index contributed by atoms with van der Waals surface area (Å²) in [5, 5.41) is 2.36. The number of hydrogen-bond acceptors (Lipinski definition) is 4. The van der Waals surface area contributed by atoms with Gasteiger partial charge in [0.2, 0.25) is 0 Å². The summed E-state index contributed by atoms with van der Waals surface area (Å²) >= 11 is 0. The van der Waals surface area contributed by atoms with Crippen molar-refractivity contribution in [2.75, 3.05) is 33.2 Å². The normalized spacial score (nSPS) is 36.4. The fourth-order valence-corrected chi connectivity index (χ4v) is 2.33. The molecule has 0 aromatic rings. The van der Waals surface area contributed by atoms with E-state index < -0.39 is 0 Å². The van der Waals surface area contributed by atoms with Gasteiger partial charge in [0, 0.05) is 38.3 Å². The maximum atomic E-state index is 5.89. The minimum absolute atomic E-state index is 0.431. The molecule has 0 aromatic heterocycles. The van der Waals surface area contributed by atoms with Crippen LogP contribution >= 0.6 is 0 Å². The molecule has 1 saturated carbocycles. The van der Waals surface area contributed by atoms with Crippen molar-refractivity contribution in [3.8, 4) is 0 Å². The molecule has 1 saturated heterocycles. The predicted molar refractivity (Wildman–Crippen MR) is 57.8 cm³/mol. The highest BCUT2D eigenvalue weighted by molar-refractivity contribution is 4.82. The van der Waals surface area contributed by atoms with E-state index in [-0.39, 0.29) is 0 Å². The Morgan fingerprint density at radius 1 is 1.14 bits per heavy atom. The molecule has 2 aliphatic rings. The lowest BCUT2D eigenvalue weighted by atomic mass is 10.2. The van der Waals surface area contributed by atoms with Crippen molar-refractivity contribution in [3.63, 3.8) is 0 Å². The number of nitrogens with one attached hydrogen (secondary N) is 1. The average molecular weight is 198 g/mol. The minimum atomic E-state index is 0.431. The van der Waals surface area contributed by atoms with Crippen LogP contribution in [0.4, 0.5) is 0 Å². The van der Waals surface area contributed by atoms with Gasteiger partial charge in [0.15, 0.2) is 0 Å². The molecule has 0 radical (unpaired) electrons. The summed E-state index contributed by atoms with van der Waals surface area (Å²) in [5.74, 6) is 0. The van der Waals surface area contributed by atoms with Gasteiger partial charge >= 0.3 is 0 Å². The molecule has 0 spiro atoms. The Morgan fingerprint density at radius 3 is 2.43 bits per heavy atom. The maximum absolute atomic E-state index is 5.89. The van der Waals surface area contributed by atoms with Crippen LogP contribution in [0.3, 0.4) is 0 Å². The lowest BCUT2D eigenvalue weighted by Gasteiger charge is -2.34. The monoisotopic (exact) mass is 198 g/mol. The summed E-state index contributed by atoms with van der Waals surface area (Å²) in [7, 11) is 2.18. The summed E-state index contributed by atoms with van der Waals surface area (Å²) in [5.41, 5.74) is 9.48. The lowest BCUT2D eigenvalue weighted by Crippen LogP contribution is -2.53. The topological polar surface area (TPSA) is 44.5 Å². The van der Waals surface area contributed by atoms with Crippen LogP contribution in [0.2, 0.25) is 0 Å². The van der Waals surface area contributed by atoms with Crippen LogP contribution in [0.25, 0.3) is 0 Å². The largest absolute Gasteiger partial charge is 0.328 e. The van der Waals surface area contributed by atoms with Crippen molar-refractivity contribution >= 4 is 0 Å². The molecular weight excluding hydrogens is 176 g/mol. The average Bonchev–Trinajstić information content (AvgIpc) is 2.56. The molecule has 4 nitrogen and oxygen atoms in total. The first-order valence-electron chi connectivity index (χ1n) is 5.69. The number of nitrogens with two attached hydrogens (primary N) is 1. The number of hydrogen-bond donors (Lipinski definition) is 2. The van der Waals surface area contributed by atoms with E-state index in [0.29, 0.717) is 12.1 Å². The van der Waals surface area contributed by atoms with Gasteiger partial charge in [0.05, 0.1) is 0 Å². The van der Waals surface area contributed by atoms with Gasteiger partial charge in [-0.1, -0.05) is 0 Å². The second kappa shape index (κ2) is 4.57. The molecule has 0 bridgehead atoms. The predicted octanol–water partition coefficient (Wildman–Crippen LogP) is -0.382. The summed E-state index contributed by atoms with van der Waals surface area (Å²) in [6.45, 7) is 4.63. The highest BCUT2D eigenvalue weighted by atomic mass is 15.5. The van der Waals surface area contributed by atoms with Gasteiger partial charge in [-0.05, 0) is 26.3 Å². The number of likely N-dealkylation sites (N-methyl/N-ethyl adjacent to an activating group) is 1. The maximum Gasteiger partial charge on any atom is 0.0259 e. The van der Waals surface area contributed by atoms with Crippen LogP contribution in [0.1, 0.15) is 19.3 Å². The van der Waals surface area contributed by atoms with Crippen LogP contribution in [-0.4, -0.2) is 55.2 Å². The minimum Gasteiger partial charge on any atom is -0.328 e. The summed E-state index contributed by atoms with van der Waals surface area (Å²) in [6, 6.07) is 1.06. The van der Waals surface area contributed by atoms with Crippen molar-refractivity contribution < 1.29 is 0 Å². The Kier molecular flexibility index (Phi) is 3.38. The first-order chi connectivity index (χ1) is 6.74. The molecule has 1 aliphatic carbocycles. The van der Waals surface area contributed by atoms with Crippen molar-refractivity contribution in [3.05, 3.63) is 0 Å². The van der Waals surface area contributed by atoms with E-state index in [1.54, 1.807) is 0 Å². The van der Waals surface area contributed by atoms with Gasteiger partial charge in [-0.2, -0.15) is 0 Å². The summed E-state index contributed by atoms with van der Waals surface area (Å²) in [6.07, 6.45) is 3.57. The highest BCUT2D eigenvalue weighted by Gasteiger charge is 2.24. The van der Waals surface area contributed by atoms with Crippen LogP contribution in [0, 0.1) is 0 Å². The molecule has 1 heterocycles. The van der Waals surface area contributed by atoms with Crippen LogP contribution in [-0.2, 0) is 0 Å². The first kappa shape index (κ1) is 10.4. The third-order valence-corrected chi connectivity index (χ3v) is 3.34. The second-order valence-electron chi connectivity index (χ2n) is 4.69. The van der Waals surface area contributed by atoms with Gasteiger partial charge in [-0.3, -0.25) is 5.43 Å². The zero-order valence-electron chi connectivity index (χ0n) is 9.08. The zero-order chi connectivity index (χ0) is 9.97. The molecule has 82 valence electrons. The molecular formula is C10H22N4. The number of piperazine rings is 1. The van der Waals surface area contributed by atoms with E-state index in [1.807, 2.05) is 0 Å². The molecule has 0 aromatic carbocycles.